The molecule has 2 saturated heterocycles. The third kappa shape index (κ3) is 13.0. The lowest BCUT2D eigenvalue weighted by atomic mass is 9.45. The number of aliphatic hydroxyl groups excluding tert-OH is 3. The maximum Gasteiger partial charge on any atom is 1.00 e. The summed E-state index contributed by atoms with van der Waals surface area (Å²) >= 11 is 0. The molecule has 2 heterocycles. The van der Waals surface area contributed by atoms with Gasteiger partial charge in [-0.05, 0) is 257 Å². The van der Waals surface area contributed by atoms with Gasteiger partial charge < -0.3 is 74.1 Å². The first-order valence-corrected chi connectivity index (χ1v) is 32.0. The molecule has 488 valence electrons. The van der Waals surface area contributed by atoms with Gasteiger partial charge in [0.15, 0.2) is 28.9 Å². The third-order valence-corrected chi connectivity index (χ3v) is 23.7. The van der Waals surface area contributed by atoms with Crippen molar-refractivity contribution in [2.45, 2.75) is 315 Å². The lowest BCUT2D eigenvalue weighted by Crippen LogP contribution is -2.62. The molecule has 8 N–H and O–H groups in total. The number of hydrogen-bond donors (Lipinski definition) is 8. The summed E-state index contributed by atoms with van der Waals surface area (Å²) in [7, 11) is 3.23. The van der Waals surface area contributed by atoms with Crippen LogP contribution in [0.2, 0.25) is 0 Å². The topological polar surface area (TPSA) is 268 Å². The molecular weight excluding hydrogens is 1090 g/mol. The molecule has 17 nitrogen and oxygen atoms in total. The second-order valence-electron chi connectivity index (χ2n) is 32.2. The Labute approximate surface area is 510 Å². The van der Waals surface area contributed by atoms with Gasteiger partial charge in [0, 0.05) is 36.9 Å². The fourth-order valence-electron chi connectivity index (χ4n) is 18.9. The second-order valence-corrected chi connectivity index (χ2v) is 32.2. The number of hydrogen-bond acceptors (Lipinski definition) is 17. The van der Waals surface area contributed by atoms with Gasteiger partial charge in [-0.15, -0.1) is 0 Å². The average molecular weight is 1200 g/mol. The van der Waals surface area contributed by atoms with Gasteiger partial charge in [0.25, 0.3) is 0 Å². The Morgan fingerprint density at radius 3 is 1.61 bits per heavy atom. The van der Waals surface area contributed by atoms with Crippen LogP contribution in [0.25, 0.3) is 0 Å². The number of ether oxygens (including phenoxy) is 6. The molecule has 8 fully saturated rings. The molecule has 10 unspecified atom stereocenters. The van der Waals surface area contributed by atoms with Crippen LogP contribution >= 0.6 is 0 Å². The number of rotatable bonds is 11. The van der Waals surface area contributed by atoms with Gasteiger partial charge >= 0.3 is 1.43 Å². The summed E-state index contributed by atoms with van der Waals surface area (Å²) in [4.78, 5) is 36.5. The van der Waals surface area contributed by atoms with Crippen molar-refractivity contribution in [2.75, 3.05) is 14.2 Å². The van der Waals surface area contributed by atoms with Crippen LogP contribution in [0.5, 0.6) is 0 Å². The zero-order valence-electron chi connectivity index (χ0n) is 56.6. The monoisotopic (exact) mass is 1200 g/mol. The highest BCUT2D eigenvalue weighted by Gasteiger charge is 2.73. The standard InChI is InChI=1S/C33H52O7.C27H44O7.C5H12O2.C3H6O/c1-27(2,35)13-12-26-32(9,40-29(5,6)39-26)25-11-15-33(36)20-16-22(34)21-17-23-24(38-28(3,4)37-23)18-30(21,7)19(20)10-14-31(25,33)8;1-23(2,32)9-8-22(31)26(5,33)21-7-11-27(34)16-12-18(28)17-13-19(29)20(30)14-24(17,3)15(16)6-10-25(21,27)4;1-5(2,6-3)7-4;1-3(2)4/h16,19,21,23-26,35-36H,10-15,17-18H2,1-9H3;12,15,17,19-22,29-34H,6-11,13-14H2,1-5H3;1-4H3;1-2H3/p+1/t19?,21?,23-,24+,25?,26-,30?,31?,32-,33-;15?,17?,19-,20+,21?,22-,24?,25?,26-,27-;;/m11../s1. The number of fused-ring (bicyclic) bond motifs is 11. The number of carbonyl (C=O) groups is 3. The summed E-state index contributed by atoms with van der Waals surface area (Å²) in [6.07, 6.45) is 9.62. The van der Waals surface area contributed by atoms with Crippen molar-refractivity contribution in [3.8, 4) is 0 Å². The number of aliphatic hydroxyl groups is 8. The highest BCUT2D eigenvalue weighted by Crippen LogP contribution is 2.72. The number of ketones is 3. The smallest absolute Gasteiger partial charge is 0.390 e. The highest BCUT2D eigenvalue weighted by atomic mass is 16.8. The minimum absolute atomic E-state index is 0. The van der Waals surface area contributed by atoms with Crippen molar-refractivity contribution in [1.82, 2.24) is 0 Å². The van der Waals surface area contributed by atoms with Gasteiger partial charge in [0.1, 0.15) is 5.78 Å². The normalized spacial score (nSPS) is 44.2. The van der Waals surface area contributed by atoms with Gasteiger partial charge in [0.2, 0.25) is 0 Å². The van der Waals surface area contributed by atoms with E-state index in [0.29, 0.717) is 69.8 Å². The second kappa shape index (κ2) is 23.6. The van der Waals surface area contributed by atoms with Crippen molar-refractivity contribution in [3.05, 3.63) is 23.3 Å². The first-order valence-electron chi connectivity index (χ1n) is 32.0. The van der Waals surface area contributed by atoms with Gasteiger partial charge in [0.05, 0.1) is 70.2 Å². The minimum atomic E-state index is -1.46. The van der Waals surface area contributed by atoms with E-state index in [-0.39, 0.29) is 90.9 Å². The van der Waals surface area contributed by atoms with Gasteiger partial charge in [-0.3, -0.25) is 9.59 Å². The van der Waals surface area contributed by atoms with Crippen LogP contribution < -0.4 is 0 Å². The number of carbonyl (C=O) groups excluding carboxylic acids is 3. The van der Waals surface area contributed by atoms with E-state index in [2.05, 4.69) is 20.8 Å². The average Bonchev–Trinajstić information content (AvgIpc) is 2.24. The largest absolute Gasteiger partial charge is 1.00 e. The first-order chi connectivity index (χ1) is 38.6. The van der Waals surface area contributed by atoms with E-state index in [9.17, 15) is 55.2 Å². The Morgan fingerprint density at radius 2 is 1.11 bits per heavy atom. The Balaban J connectivity index is 0.000000234. The van der Waals surface area contributed by atoms with Gasteiger partial charge in [-0.1, -0.05) is 27.7 Å². The molecule has 2 aliphatic heterocycles. The van der Waals surface area contributed by atoms with E-state index in [0.717, 1.165) is 31.3 Å². The van der Waals surface area contributed by atoms with E-state index in [4.69, 9.17) is 28.4 Å². The summed E-state index contributed by atoms with van der Waals surface area (Å²) in [6, 6.07) is 0. The van der Waals surface area contributed by atoms with Crippen LogP contribution in [0.4, 0.5) is 0 Å². The maximum atomic E-state index is 13.8. The van der Waals surface area contributed by atoms with Gasteiger partial charge in [-0.2, -0.15) is 0 Å². The molecular formula is C68H115O17+. The zero-order valence-corrected chi connectivity index (χ0v) is 55.6. The first kappa shape index (κ1) is 70.4. The van der Waals surface area contributed by atoms with Crippen molar-refractivity contribution in [1.29, 1.82) is 0 Å². The van der Waals surface area contributed by atoms with E-state index in [1.165, 1.54) is 13.8 Å². The van der Waals surface area contributed by atoms with Crippen LogP contribution in [0.15, 0.2) is 23.3 Å². The Kier molecular flexibility index (Phi) is 19.5. The summed E-state index contributed by atoms with van der Waals surface area (Å²) in [5, 5.41) is 88.7. The molecule has 17 heteroatoms. The highest BCUT2D eigenvalue weighted by molar-refractivity contribution is 5.95. The molecule has 0 radical (unpaired) electrons. The molecule has 0 amide bonds. The molecule has 10 rings (SSSR count). The van der Waals surface area contributed by atoms with Crippen LogP contribution in [-0.2, 0) is 42.8 Å². The van der Waals surface area contributed by atoms with Crippen molar-refractivity contribution in [2.24, 2.45) is 57.2 Å². The fraction of sp³-hybridized carbons (Fsp3) is 0.897. The maximum absolute atomic E-state index is 13.8. The van der Waals surface area contributed by atoms with E-state index >= 15 is 0 Å². The van der Waals surface area contributed by atoms with Gasteiger partial charge in [-0.25, -0.2) is 0 Å². The fourth-order valence-corrected chi connectivity index (χ4v) is 18.9. The van der Waals surface area contributed by atoms with E-state index in [1.54, 1.807) is 41.1 Å². The summed E-state index contributed by atoms with van der Waals surface area (Å²) in [6.45, 7) is 33.9. The van der Waals surface area contributed by atoms with Crippen LogP contribution in [0.1, 0.15) is 229 Å². The Morgan fingerprint density at radius 1 is 0.635 bits per heavy atom. The molecule has 0 aromatic rings. The van der Waals surface area contributed by atoms with Crippen molar-refractivity contribution in [3.63, 3.8) is 0 Å². The molecule has 10 aliphatic rings. The van der Waals surface area contributed by atoms with Crippen LogP contribution in [0, 0.1) is 57.2 Å². The Bertz CT molecular complexity index is 2520. The zero-order chi connectivity index (χ0) is 64.3. The predicted octanol–water partition coefficient (Wildman–Crippen LogP) is 9.03. The lowest BCUT2D eigenvalue weighted by molar-refractivity contribution is -0.190. The number of allylic oxidation sites excluding steroid dienone is 2. The Hall–Kier alpha value is -2.07. The molecule has 20 atom stereocenters. The van der Waals surface area contributed by atoms with Crippen molar-refractivity contribution < 1.29 is 85.1 Å². The summed E-state index contributed by atoms with van der Waals surface area (Å²) < 4.78 is 35.5. The lowest BCUT2D eigenvalue weighted by Gasteiger charge is -2.60. The molecule has 8 aliphatic carbocycles. The quantitative estimate of drug-likeness (QED) is 0.0897. The summed E-state index contributed by atoms with van der Waals surface area (Å²) in [5.74, 6) is -2.37. The van der Waals surface area contributed by atoms with E-state index in [1.807, 2.05) is 75.3 Å². The molecule has 0 bridgehead atoms. The van der Waals surface area contributed by atoms with Crippen LogP contribution in [0.3, 0.4) is 0 Å². The van der Waals surface area contributed by atoms with Crippen molar-refractivity contribution >= 4 is 17.3 Å². The molecule has 0 aromatic heterocycles. The minimum Gasteiger partial charge on any atom is -0.390 e. The molecule has 0 aromatic carbocycles. The molecule has 6 saturated carbocycles. The third-order valence-electron chi connectivity index (χ3n) is 23.7. The number of methoxy groups -OCH3 is 2. The number of Topliss-reactive ketones (excluding diaryl/α,β-unsaturated/α-hetero) is 1. The molecule has 85 heavy (non-hydrogen) atoms. The predicted molar refractivity (Wildman–Crippen MR) is 322 cm³/mol. The summed E-state index contributed by atoms with van der Waals surface area (Å²) in [5.41, 5.74) is -6.54. The van der Waals surface area contributed by atoms with E-state index < -0.39 is 85.5 Å². The SMILES string of the molecule is CC(C)(O)CC[C@@H](O)[C@](C)(O)C1CC[C@@]2(O)C3=CC(=O)C4C[C@@H](O)[C@@H](O)CC4(C)C3CCC12C.CC(C)(O)CC[C@H]1OC(C)(C)O[C@]1(C)C1CC[C@@]2(O)C3=CC(=O)C4C[C@H]5OC(C)(C)O[C@H]5CC4(C)C3CCC12C.CC(C)=O.COC(C)(C)OC.[H+]. The molecule has 0 spiro atoms. The van der Waals surface area contributed by atoms with Crippen LogP contribution in [-0.4, -0.2) is 160 Å².